The molecule has 0 unspecified atom stereocenters. The van der Waals surface area contributed by atoms with Gasteiger partial charge in [0.1, 0.15) is 12.4 Å². The summed E-state index contributed by atoms with van der Waals surface area (Å²) in [5.41, 5.74) is 0.875. The molecular weight excluding hydrogens is 416 g/mol. The first-order chi connectivity index (χ1) is 16.2. The zero-order valence-electron chi connectivity index (χ0n) is 21.1. The van der Waals surface area contributed by atoms with E-state index in [1.165, 1.54) is 70.6 Å². The molecule has 0 atom stereocenters. The summed E-state index contributed by atoms with van der Waals surface area (Å²) in [5.74, 6) is 0.200. The number of rotatable bonds is 21. The molecule has 1 aromatic rings. The van der Waals surface area contributed by atoms with Crippen molar-refractivity contribution in [3.63, 3.8) is 0 Å². The number of hydrogen-bond donors (Lipinski definition) is 0. The van der Waals surface area contributed by atoms with E-state index in [1.807, 2.05) is 24.3 Å². The third kappa shape index (κ3) is 17.1. The van der Waals surface area contributed by atoms with Crippen LogP contribution in [0.3, 0.4) is 0 Å². The van der Waals surface area contributed by atoms with Gasteiger partial charge < -0.3 is 14.2 Å². The van der Waals surface area contributed by atoms with Crippen molar-refractivity contribution in [2.75, 3.05) is 13.7 Å². The number of ether oxygens (including phenoxy) is 3. The molecule has 0 aliphatic carbocycles. The Kier molecular flexibility index (Phi) is 18.1. The SMILES string of the molecule is CCCCCCCCCCCCCCCOC(=O)CCCC(=O)OCc1cccc(OC)c1. The Labute approximate surface area is 201 Å². The molecular formula is C28H46O5. The van der Waals surface area contributed by atoms with Gasteiger partial charge in [0, 0.05) is 12.8 Å². The number of unbranched alkanes of at least 4 members (excludes halogenated alkanes) is 12. The second-order valence-electron chi connectivity index (χ2n) is 8.83. The lowest BCUT2D eigenvalue weighted by Crippen LogP contribution is -2.09. The van der Waals surface area contributed by atoms with E-state index in [0.29, 0.717) is 13.0 Å². The average molecular weight is 463 g/mol. The Hall–Kier alpha value is -2.04. The zero-order chi connectivity index (χ0) is 24.0. The highest BCUT2D eigenvalue weighted by atomic mass is 16.5. The van der Waals surface area contributed by atoms with E-state index in [-0.39, 0.29) is 31.4 Å². The van der Waals surface area contributed by atoms with Crippen molar-refractivity contribution in [2.45, 2.75) is 116 Å². The molecule has 0 heterocycles. The van der Waals surface area contributed by atoms with Crippen molar-refractivity contribution >= 4 is 11.9 Å². The number of methoxy groups -OCH3 is 1. The molecule has 0 saturated carbocycles. The molecule has 0 radical (unpaired) electrons. The summed E-state index contributed by atoms with van der Waals surface area (Å²) in [7, 11) is 1.60. The summed E-state index contributed by atoms with van der Waals surface area (Å²) in [5, 5.41) is 0. The summed E-state index contributed by atoms with van der Waals surface area (Å²) in [6.45, 7) is 2.95. The molecule has 5 heteroatoms. The normalized spacial score (nSPS) is 10.7. The predicted octanol–water partition coefficient (Wildman–Crippen LogP) is 7.54. The van der Waals surface area contributed by atoms with Crippen molar-refractivity contribution in [2.24, 2.45) is 0 Å². The van der Waals surface area contributed by atoms with Gasteiger partial charge in [-0.25, -0.2) is 0 Å². The minimum absolute atomic E-state index is 0.208. The van der Waals surface area contributed by atoms with Gasteiger partial charge in [-0.1, -0.05) is 96.1 Å². The second kappa shape index (κ2) is 20.6. The monoisotopic (exact) mass is 462 g/mol. The summed E-state index contributed by atoms with van der Waals surface area (Å²) in [4.78, 5) is 23.6. The van der Waals surface area contributed by atoms with Crippen LogP contribution >= 0.6 is 0 Å². The van der Waals surface area contributed by atoms with Gasteiger partial charge in [-0.15, -0.1) is 0 Å². The lowest BCUT2D eigenvalue weighted by molar-refractivity contribution is -0.146. The Morgan fingerprint density at radius 3 is 1.82 bits per heavy atom. The Bertz CT molecular complexity index is 628. The van der Waals surface area contributed by atoms with Crippen LogP contribution in [0.5, 0.6) is 5.75 Å². The zero-order valence-corrected chi connectivity index (χ0v) is 21.1. The molecule has 0 amide bonds. The molecule has 5 nitrogen and oxygen atoms in total. The smallest absolute Gasteiger partial charge is 0.306 e. The predicted molar refractivity (Wildman–Crippen MR) is 133 cm³/mol. The number of carbonyl (C=O) groups is 2. The van der Waals surface area contributed by atoms with Crippen molar-refractivity contribution in [3.8, 4) is 5.75 Å². The van der Waals surface area contributed by atoms with Gasteiger partial charge in [0.15, 0.2) is 0 Å². The summed E-state index contributed by atoms with van der Waals surface area (Å²) in [6, 6.07) is 7.41. The first-order valence-electron chi connectivity index (χ1n) is 13.1. The topological polar surface area (TPSA) is 61.8 Å². The third-order valence-electron chi connectivity index (χ3n) is 5.81. The molecule has 188 valence electrons. The first kappa shape index (κ1) is 29.0. The van der Waals surface area contributed by atoms with Crippen molar-refractivity contribution in [3.05, 3.63) is 29.8 Å². The van der Waals surface area contributed by atoms with Crippen molar-refractivity contribution in [1.82, 2.24) is 0 Å². The van der Waals surface area contributed by atoms with Gasteiger partial charge >= 0.3 is 11.9 Å². The quantitative estimate of drug-likeness (QED) is 0.139. The van der Waals surface area contributed by atoms with Gasteiger partial charge in [0.25, 0.3) is 0 Å². The molecule has 0 saturated heterocycles. The van der Waals surface area contributed by atoms with E-state index < -0.39 is 0 Å². The largest absolute Gasteiger partial charge is 0.497 e. The van der Waals surface area contributed by atoms with Gasteiger partial charge in [-0.2, -0.15) is 0 Å². The Balaban J connectivity index is 1.87. The average Bonchev–Trinajstić information content (AvgIpc) is 2.83. The maximum atomic E-state index is 11.8. The molecule has 1 aromatic carbocycles. The van der Waals surface area contributed by atoms with Gasteiger partial charge in [0.2, 0.25) is 0 Å². The van der Waals surface area contributed by atoms with Crippen LogP contribution in [-0.4, -0.2) is 25.7 Å². The number of carbonyl (C=O) groups excluding carboxylic acids is 2. The molecule has 0 aromatic heterocycles. The van der Waals surface area contributed by atoms with Gasteiger partial charge in [-0.3, -0.25) is 9.59 Å². The molecule has 0 N–H and O–H groups in total. The Morgan fingerprint density at radius 1 is 0.697 bits per heavy atom. The van der Waals surface area contributed by atoms with E-state index in [9.17, 15) is 9.59 Å². The molecule has 0 spiro atoms. The number of esters is 2. The van der Waals surface area contributed by atoms with Crippen LogP contribution in [0, 0.1) is 0 Å². The lowest BCUT2D eigenvalue weighted by Gasteiger charge is -2.07. The summed E-state index contributed by atoms with van der Waals surface area (Å²) >= 11 is 0. The fraction of sp³-hybridized carbons (Fsp3) is 0.714. The van der Waals surface area contributed by atoms with E-state index >= 15 is 0 Å². The minimum atomic E-state index is -0.304. The van der Waals surface area contributed by atoms with Crippen LogP contribution < -0.4 is 4.74 Å². The van der Waals surface area contributed by atoms with Gasteiger partial charge in [-0.05, 0) is 30.5 Å². The van der Waals surface area contributed by atoms with Crippen LogP contribution in [0.4, 0.5) is 0 Å². The third-order valence-corrected chi connectivity index (χ3v) is 5.81. The molecule has 1 rings (SSSR count). The van der Waals surface area contributed by atoms with Gasteiger partial charge in [0.05, 0.1) is 13.7 Å². The second-order valence-corrected chi connectivity index (χ2v) is 8.83. The highest BCUT2D eigenvalue weighted by Crippen LogP contribution is 2.14. The molecule has 33 heavy (non-hydrogen) atoms. The maximum absolute atomic E-state index is 11.8. The molecule has 0 fully saturated rings. The number of benzene rings is 1. The molecule has 0 bridgehead atoms. The fourth-order valence-electron chi connectivity index (χ4n) is 3.75. The van der Waals surface area contributed by atoms with E-state index in [4.69, 9.17) is 14.2 Å². The van der Waals surface area contributed by atoms with Crippen LogP contribution in [0.2, 0.25) is 0 Å². The van der Waals surface area contributed by atoms with Crippen LogP contribution in [0.25, 0.3) is 0 Å². The van der Waals surface area contributed by atoms with Crippen molar-refractivity contribution < 1.29 is 23.8 Å². The number of hydrogen-bond acceptors (Lipinski definition) is 5. The first-order valence-corrected chi connectivity index (χ1v) is 13.1. The Morgan fingerprint density at radius 2 is 1.24 bits per heavy atom. The summed E-state index contributed by atoms with van der Waals surface area (Å²) < 4.78 is 15.7. The minimum Gasteiger partial charge on any atom is -0.497 e. The standard InChI is InChI=1S/C28H46O5/c1-3-4-5-6-7-8-9-10-11-12-13-14-15-22-32-27(29)20-17-21-28(30)33-24-25-18-16-19-26(23-25)31-2/h16,18-19,23H,3-15,17,20-22,24H2,1-2H3. The van der Waals surface area contributed by atoms with E-state index in [1.54, 1.807) is 7.11 Å². The highest BCUT2D eigenvalue weighted by molar-refractivity contribution is 5.72. The summed E-state index contributed by atoms with van der Waals surface area (Å²) in [6.07, 6.45) is 17.8. The van der Waals surface area contributed by atoms with Crippen molar-refractivity contribution in [1.29, 1.82) is 0 Å². The van der Waals surface area contributed by atoms with Crippen LogP contribution in [0.15, 0.2) is 24.3 Å². The molecule has 0 aliphatic rings. The maximum Gasteiger partial charge on any atom is 0.306 e. The van der Waals surface area contributed by atoms with E-state index in [2.05, 4.69) is 6.92 Å². The van der Waals surface area contributed by atoms with E-state index in [0.717, 1.165) is 24.2 Å². The van der Waals surface area contributed by atoms with Crippen LogP contribution in [0.1, 0.15) is 115 Å². The van der Waals surface area contributed by atoms with Crippen LogP contribution in [-0.2, 0) is 25.7 Å². The highest BCUT2D eigenvalue weighted by Gasteiger charge is 2.08. The fourth-order valence-corrected chi connectivity index (χ4v) is 3.75. The lowest BCUT2D eigenvalue weighted by atomic mass is 10.0. The molecule has 0 aliphatic heterocycles.